The molecule has 46 heavy (non-hydrogen) atoms. The molecular formula is C45H41N. The molecule has 2 aliphatic heterocycles. The lowest BCUT2D eigenvalue weighted by molar-refractivity contribution is 0.598. The van der Waals surface area contributed by atoms with Gasteiger partial charge in [-0.15, -0.1) is 0 Å². The van der Waals surface area contributed by atoms with Gasteiger partial charge in [0.2, 0.25) is 0 Å². The number of hydrogen-bond donors (Lipinski definition) is 0. The average molecular weight is 596 g/mol. The van der Waals surface area contributed by atoms with Crippen molar-refractivity contribution in [1.29, 1.82) is 0 Å². The zero-order valence-corrected chi connectivity index (χ0v) is 28.0. The van der Waals surface area contributed by atoms with E-state index >= 15 is 0 Å². The van der Waals surface area contributed by atoms with Gasteiger partial charge >= 0.3 is 0 Å². The predicted octanol–water partition coefficient (Wildman–Crippen LogP) is 12.4. The van der Waals surface area contributed by atoms with Crippen LogP contribution >= 0.6 is 0 Å². The molecule has 8 rings (SSSR count). The predicted molar refractivity (Wildman–Crippen MR) is 196 cm³/mol. The van der Waals surface area contributed by atoms with Crippen LogP contribution in [0, 0.1) is 20.8 Å². The van der Waals surface area contributed by atoms with E-state index in [0.29, 0.717) is 0 Å². The Morgan fingerprint density at radius 3 is 1.02 bits per heavy atom. The molecule has 0 unspecified atom stereocenters. The molecule has 0 fully saturated rings. The first kappa shape index (κ1) is 28.6. The van der Waals surface area contributed by atoms with E-state index in [1.165, 1.54) is 89.4 Å². The Morgan fingerprint density at radius 1 is 0.348 bits per heavy atom. The third kappa shape index (κ3) is 4.29. The fraction of sp³-hybridized carbons (Fsp3) is 0.200. The smallest absolute Gasteiger partial charge is 0.0544 e. The fourth-order valence-electron chi connectivity index (χ4n) is 7.72. The van der Waals surface area contributed by atoms with Crippen molar-refractivity contribution in [3.05, 3.63) is 160 Å². The van der Waals surface area contributed by atoms with Crippen molar-refractivity contribution in [3.63, 3.8) is 0 Å². The molecule has 2 aliphatic rings. The van der Waals surface area contributed by atoms with Gasteiger partial charge in [0.25, 0.3) is 0 Å². The van der Waals surface area contributed by atoms with Crippen molar-refractivity contribution in [3.8, 4) is 33.4 Å². The van der Waals surface area contributed by atoms with Crippen LogP contribution < -0.4 is 4.90 Å². The number of aryl methyl sites for hydroxylation is 3. The van der Waals surface area contributed by atoms with E-state index in [1.54, 1.807) is 0 Å². The molecule has 0 aromatic heterocycles. The molecule has 226 valence electrons. The summed E-state index contributed by atoms with van der Waals surface area (Å²) in [7, 11) is 0. The van der Waals surface area contributed by atoms with Crippen molar-refractivity contribution >= 4 is 17.1 Å². The molecule has 0 saturated carbocycles. The lowest BCUT2D eigenvalue weighted by atomic mass is 9.65. The Balaban J connectivity index is 1.41. The summed E-state index contributed by atoms with van der Waals surface area (Å²) in [5.74, 6) is 0. The van der Waals surface area contributed by atoms with E-state index in [9.17, 15) is 0 Å². The molecule has 2 heterocycles. The minimum Gasteiger partial charge on any atom is -0.309 e. The maximum absolute atomic E-state index is 2.57. The first-order chi connectivity index (χ1) is 22.0. The highest BCUT2D eigenvalue weighted by Crippen LogP contribution is 2.61. The van der Waals surface area contributed by atoms with Gasteiger partial charge in [-0.2, -0.15) is 0 Å². The Kier molecular flexibility index (Phi) is 6.25. The summed E-state index contributed by atoms with van der Waals surface area (Å²) in [5.41, 5.74) is 20.4. The third-order valence-corrected chi connectivity index (χ3v) is 10.7. The van der Waals surface area contributed by atoms with E-state index in [4.69, 9.17) is 0 Å². The van der Waals surface area contributed by atoms with Gasteiger partial charge in [-0.05, 0) is 113 Å². The summed E-state index contributed by atoms with van der Waals surface area (Å²) < 4.78 is 0. The van der Waals surface area contributed by atoms with Crippen LogP contribution in [-0.2, 0) is 10.8 Å². The van der Waals surface area contributed by atoms with Gasteiger partial charge in [0.15, 0.2) is 0 Å². The van der Waals surface area contributed by atoms with Crippen LogP contribution in [-0.4, -0.2) is 0 Å². The number of rotatable bonds is 3. The summed E-state index contributed by atoms with van der Waals surface area (Å²) >= 11 is 0. The van der Waals surface area contributed by atoms with E-state index in [-0.39, 0.29) is 10.8 Å². The number of nitrogens with zero attached hydrogens (tertiary/aromatic N) is 1. The van der Waals surface area contributed by atoms with Gasteiger partial charge < -0.3 is 4.90 Å². The molecule has 0 radical (unpaired) electrons. The molecular weight excluding hydrogens is 555 g/mol. The van der Waals surface area contributed by atoms with E-state index in [2.05, 4.69) is 175 Å². The summed E-state index contributed by atoms with van der Waals surface area (Å²) in [5, 5.41) is 0. The first-order valence-corrected chi connectivity index (χ1v) is 16.5. The second-order valence-electron chi connectivity index (χ2n) is 14.6. The molecule has 0 saturated heterocycles. The van der Waals surface area contributed by atoms with Crippen LogP contribution in [0.1, 0.15) is 66.6 Å². The number of anilines is 3. The number of hydrogen-bond acceptors (Lipinski definition) is 1. The van der Waals surface area contributed by atoms with Gasteiger partial charge in [-0.1, -0.05) is 129 Å². The highest BCUT2D eigenvalue weighted by atomic mass is 15.2. The van der Waals surface area contributed by atoms with Gasteiger partial charge in [0, 0.05) is 10.8 Å². The standard InChI is InChI=1S/C45H41N/c1-28-8-14-31(15-9-28)34-20-22-41-37(24-34)44(4,5)39-26-36(33-18-12-30(3)13-19-33)27-40-43(39)46(41)42-23-21-35(25-38(42)45(40,6)7)32-16-10-29(2)11-17-32/h8-27H,1-7H3. The summed E-state index contributed by atoms with van der Waals surface area (Å²) in [4.78, 5) is 2.57. The van der Waals surface area contributed by atoms with Crippen LogP contribution in [0.2, 0.25) is 0 Å². The number of fused-ring (bicyclic) bond motifs is 4. The van der Waals surface area contributed by atoms with Crippen LogP contribution in [0.4, 0.5) is 17.1 Å². The van der Waals surface area contributed by atoms with Gasteiger partial charge in [-0.25, -0.2) is 0 Å². The lowest BCUT2D eigenvalue weighted by Crippen LogP contribution is -2.38. The quantitative estimate of drug-likeness (QED) is 0.197. The molecule has 0 amide bonds. The van der Waals surface area contributed by atoms with E-state index < -0.39 is 0 Å². The SMILES string of the molecule is Cc1ccc(-c2ccc3c(c2)C(C)(C)c2cc(-c4ccc(C)cc4)cc4c2N3c2ccc(-c3ccc(C)cc3)cc2C4(C)C)cc1. The van der Waals surface area contributed by atoms with Crippen LogP contribution in [0.5, 0.6) is 0 Å². The summed E-state index contributed by atoms with van der Waals surface area (Å²) in [6.45, 7) is 16.1. The monoisotopic (exact) mass is 595 g/mol. The summed E-state index contributed by atoms with van der Waals surface area (Å²) in [6.07, 6.45) is 0. The maximum Gasteiger partial charge on any atom is 0.0544 e. The highest BCUT2D eigenvalue weighted by Gasteiger charge is 2.46. The molecule has 6 aromatic rings. The van der Waals surface area contributed by atoms with Crippen LogP contribution in [0.3, 0.4) is 0 Å². The van der Waals surface area contributed by atoms with Gasteiger partial charge in [0.05, 0.1) is 17.1 Å². The Hall–Kier alpha value is -4.88. The maximum atomic E-state index is 2.57. The Bertz CT molecular complexity index is 2010. The van der Waals surface area contributed by atoms with Crippen molar-refractivity contribution in [2.45, 2.75) is 59.3 Å². The summed E-state index contributed by atoms with van der Waals surface area (Å²) in [6, 6.07) is 46.1. The largest absolute Gasteiger partial charge is 0.309 e. The third-order valence-electron chi connectivity index (χ3n) is 10.7. The van der Waals surface area contributed by atoms with Crippen molar-refractivity contribution in [1.82, 2.24) is 0 Å². The fourth-order valence-corrected chi connectivity index (χ4v) is 7.72. The van der Waals surface area contributed by atoms with Gasteiger partial charge in [0.1, 0.15) is 0 Å². The Morgan fingerprint density at radius 2 is 0.652 bits per heavy atom. The topological polar surface area (TPSA) is 3.24 Å². The molecule has 0 bridgehead atoms. The molecule has 0 atom stereocenters. The second kappa shape index (κ2) is 10.1. The van der Waals surface area contributed by atoms with Crippen LogP contribution in [0.25, 0.3) is 33.4 Å². The first-order valence-electron chi connectivity index (χ1n) is 16.5. The molecule has 6 aromatic carbocycles. The minimum absolute atomic E-state index is 0.202. The molecule has 0 spiro atoms. The van der Waals surface area contributed by atoms with E-state index in [0.717, 1.165) is 0 Å². The molecule has 0 N–H and O–H groups in total. The number of benzene rings is 6. The minimum atomic E-state index is -0.202. The van der Waals surface area contributed by atoms with Crippen molar-refractivity contribution < 1.29 is 0 Å². The normalized spacial score (nSPS) is 15.2. The molecule has 1 nitrogen and oxygen atoms in total. The zero-order valence-electron chi connectivity index (χ0n) is 28.0. The van der Waals surface area contributed by atoms with Gasteiger partial charge in [-0.3, -0.25) is 0 Å². The second-order valence-corrected chi connectivity index (χ2v) is 14.6. The Labute approximate surface area is 274 Å². The van der Waals surface area contributed by atoms with E-state index in [1.807, 2.05) is 0 Å². The van der Waals surface area contributed by atoms with Crippen LogP contribution in [0.15, 0.2) is 121 Å². The van der Waals surface area contributed by atoms with Crippen molar-refractivity contribution in [2.24, 2.45) is 0 Å². The molecule has 1 heteroatoms. The zero-order chi connectivity index (χ0) is 32.0. The average Bonchev–Trinajstić information content (AvgIpc) is 3.05. The molecule has 0 aliphatic carbocycles. The lowest BCUT2D eigenvalue weighted by Gasteiger charge is -2.50. The van der Waals surface area contributed by atoms with Crippen molar-refractivity contribution in [2.75, 3.05) is 4.90 Å². The highest BCUT2D eigenvalue weighted by molar-refractivity contribution is 5.95.